The number of anilines is 1. The minimum atomic E-state index is 0.269. The molecule has 0 radical (unpaired) electrons. The lowest BCUT2D eigenvalue weighted by Gasteiger charge is -2.40. The molecule has 1 saturated carbocycles. The number of hydrogen-bond acceptors (Lipinski definition) is 7. The van der Waals surface area contributed by atoms with Gasteiger partial charge >= 0.3 is 0 Å². The van der Waals surface area contributed by atoms with Gasteiger partial charge in [0.25, 0.3) is 0 Å². The molecule has 4 heterocycles. The van der Waals surface area contributed by atoms with Crippen LogP contribution in [0.5, 0.6) is 5.75 Å². The fraction of sp³-hybridized carbons (Fsp3) is 0.571. The summed E-state index contributed by atoms with van der Waals surface area (Å²) in [5.41, 5.74) is 2.38. The van der Waals surface area contributed by atoms with Gasteiger partial charge < -0.3 is 14.4 Å². The van der Waals surface area contributed by atoms with Gasteiger partial charge in [0.15, 0.2) is 0 Å². The molecule has 3 aromatic rings. The van der Waals surface area contributed by atoms with Crippen LogP contribution < -0.4 is 9.64 Å². The molecule has 1 atom stereocenters. The van der Waals surface area contributed by atoms with Gasteiger partial charge in [-0.2, -0.15) is 0 Å². The molecule has 0 N–H and O–H groups in total. The molecule has 7 heteroatoms. The van der Waals surface area contributed by atoms with Gasteiger partial charge in [0, 0.05) is 55.6 Å². The molecule has 0 spiro atoms. The van der Waals surface area contributed by atoms with Crippen molar-refractivity contribution in [1.29, 1.82) is 0 Å². The Kier molecular flexibility index (Phi) is 6.65. The number of thiophene rings is 1. The number of likely N-dealkylation sites (tertiary alicyclic amines) is 1. The van der Waals surface area contributed by atoms with E-state index >= 15 is 0 Å². The summed E-state index contributed by atoms with van der Waals surface area (Å²) >= 11 is 1.74. The summed E-state index contributed by atoms with van der Waals surface area (Å²) in [6.45, 7) is 7.32. The SMILES string of the molecule is CCOC(C1CCN(c2nc(C3CC3)nc3scc(-c4cccc(OC)c4)c23)CC1)N1CCCC1. The third kappa shape index (κ3) is 4.66. The normalized spacial score (nSPS) is 20.6. The van der Waals surface area contributed by atoms with Gasteiger partial charge in [-0.1, -0.05) is 12.1 Å². The molecule has 0 bridgehead atoms. The van der Waals surface area contributed by atoms with Gasteiger partial charge in [0.05, 0.1) is 12.5 Å². The van der Waals surface area contributed by atoms with Crippen LogP contribution in [0, 0.1) is 5.92 Å². The summed E-state index contributed by atoms with van der Waals surface area (Å²) < 4.78 is 11.8. The number of aromatic nitrogens is 2. The van der Waals surface area contributed by atoms with Gasteiger partial charge in [-0.3, -0.25) is 4.90 Å². The second kappa shape index (κ2) is 10.0. The first kappa shape index (κ1) is 23.2. The molecule has 2 saturated heterocycles. The van der Waals surface area contributed by atoms with Crippen molar-refractivity contribution in [3.05, 3.63) is 35.5 Å². The number of benzene rings is 1. The lowest BCUT2D eigenvalue weighted by molar-refractivity contribution is -0.0858. The first-order valence-electron chi connectivity index (χ1n) is 13.3. The van der Waals surface area contributed by atoms with Gasteiger partial charge in [-0.15, -0.1) is 11.3 Å². The Morgan fingerprint density at radius 3 is 2.57 bits per heavy atom. The molecule has 3 fully saturated rings. The smallest absolute Gasteiger partial charge is 0.141 e. The number of nitrogens with zero attached hydrogens (tertiary/aromatic N) is 4. The van der Waals surface area contributed by atoms with Gasteiger partial charge in [0.1, 0.15) is 28.5 Å². The number of piperidine rings is 1. The monoisotopic (exact) mass is 492 g/mol. The maximum Gasteiger partial charge on any atom is 0.141 e. The van der Waals surface area contributed by atoms with Gasteiger partial charge in [-0.05, 0) is 63.1 Å². The molecule has 1 aromatic carbocycles. The van der Waals surface area contributed by atoms with Crippen molar-refractivity contribution < 1.29 is 9.47 Å². The lowest BCUT2D eigenvalue weighted by atomic mass is 9.93. The molecule has 1 unspecified atom stereocenters. The Morgan fingerprint density at radius 2 is 1.86 bits per heavy atom. The molecule has 186 valence electrons. The van der Waals surface area contributed by atoms with E-state index in [1.54, 1.807) is 18.4 Å². The first-order chi connectivity index (χ1) is 17.2. The number of rotatable bonds is 8. The average Bonchev–Trinajstić information content (AvgIpc) is 3.44. The van der Waals surface area contributed by atoms with E-state index in [0.717, 1.165) is 54.8 Å². The largest absolute Gasteiger partial charge is 0.497 e. The fourth-order valence-corrected chi connectivity index (χ4v) is 6.75. The number of methoxy groups -OCH3 is 1. The minimum Gasteiger partial charge on any atom is -0.497 e. The standard InChI is InChI=1S/C28H36N4O2S/c1-3-34-28(32-13-4-5-14-32)20-11-15-31(16-12-20)26-24-23(21-7-6-8-22(17-21)33-2)18-35-27(24)30-25(29-26)19-9-10-19/h6-8,17-20,28H,3-5,9-16H2,1-2H3. The van der Waals surface area contributed by atoms with Crippen LogP contribution >= 0.6 is 11.3 Å². The van der Waals surface area contributed by atoms with Crippen LogP contribution in [0.4, 0.5) is 5.82 Å². The quantitative estimate of drug-likeness (QED) is 0.389. The summed E-state index contributed by atoms with van der Waals surface area (Å²) in [7, 11) is 1.73. The maximum atomic E-state index is 6.29. The number of hydrogen-bond donors (Lipinski definition) is 0. The zero-order valence-electron chi connectivity index (χ0n) is 20.9. The van der Waals surface area contributed by atoms with Crippen molar-refractivity contribution in [1.82, 2.24) is 14.9 Å². The first-order valence-corrected chi connectivity index (χ1v) is 14.2. The van der Waals surface area contributed by atoms with E-state index in [0.29, 0.717) is 11.8 Å². The Hall–Kier alpha value is -2.22. The summed E-state index contributed by atoms with van der Waals surface area (Å²) in [6, 6.07) is 8.35. The van der Waals surface area contributed by atoms with Crippen molar-refractivity contribution in [2.45, 2.75) is 57.6 Å². The van der Waals surface area contributed by atoms with E-state index in [2.05, 4.69) is 40.3 Å². The van der Waals surface area contributed by atoms with E-state index in [1.807, 2.05) is 6.07 Å². The van der Waals surface area contributed by atoms with Gasteiger partial charge in [-0.25, -0.2) is 9.97 Å². The predicted molar refractivity (Wildman–Crippen MR) is 143 cm³/mol. The zero-order chi connectivity index (χ0) is 23.8. The molecule has 35 heavy (non-hydrogen) atoms. The molecule has 2 aliphatic heterocycles. The highest BCUT2D eigenvalue weighted by molar-refractivity contribution is 7.17. The van der Waals surface area contributed by atoms with Gasteiger partial charge in [0.2, 0.25) is 0 Å². The Bertz CT molecular complexity index is 1160. The maximum absolute atomic E-state index is 6.29. The summed E-state index contributed by atoms with van der Waals surface area (Å²) in [4.78, 5) is 16.5. The molecule has 1 aliphatic carbocycles. The fourth-order valence-electron chi connectivity index (χ4n) is 5.80. The third-order valence-electron chi connectivity index (χ3n) is 7.84. The number of fused-ring (bicyclic) bond motifs is 1. The highest BCUT2D eigenvalue weighted by atomic mass is 32.1. The van der Waals surface area contributed by atoms with Crippen LogP contribution in [-0.4, -0.2) is 61.0 Å². The topological polar surface area (TPSA) is 50.7 Å². The number of ether oxygens (including phenoxy) is 2. The molecular formula is C28H36N4O2S. The summed E-state index contributed by atoms with van der Waals surface area (Å²) in [5.74, 6) is 4.17. The second-order valence-electron chi connectivity index (χ2n) is 10.2. The molecule has 6 rings (SSSR count). The van der Waals surface area contributed by atoms with Crippen molar-refractivity contribution in [2.75, 3.05) is 44.8 Å². The predicted octanol–water partition coefficient (Wildman–Crippen LogP) is 5.92. The van der Waals surface area contributed by atoms with E-state index < -0.39 is 0 Å². The Labute approximate surface area is 212 Å². The van der Waals surface area contributed by atoms with E-state index in [-0.39, 0.29) is 6.23 Å². The Morgan fingerprint density at radius 1 is 1.06 bits per heavy atom. The van der Waals surface area contributed by atoms with Crippen molar-refractivity contribution >= 4 is 27.4 Å². The second-order valence-corrected chi connectivity index (χ2v) is 11.0. The molecule has 3 aliphatic rings. The van der Waals surface area contributed by atoms with Crippen LogP contribution in [0.1, 0.15) is 57.2 Å². The van der Waals surface area contributed by atoms with E-state index in [4.69, 9.17) is 19.4 Å². The summed E-state index contributed by atoms with van der Waals surface area (Å²) in [5, 5.41) is 3.45. The lowest BCUT2D eigenvalue weighted by Crippen LogP contribution is -2.46. The Balaban J connectivity index is 1.31. The van der Waals surface area contributed by atoms with Crippen LogP contribution in [0.25, 0.3) is 21.3 Å². The minimum absolute atomic E-state index is 0.269. The van der Waals surface area contributed by atoms with Crippen LogP contribution in [0.15, 0.2) is 29.6 Å². The van der Waals surface area contributed by atoms with Crippen molar-refractivity contribution in [3.8, 4) is 16.9 Å². The zero-order valence-corrected chi connectivity index (χ0v) is 21.7. The average molecular weight is 493 g/mol. The van der Waals surface area contributed by atoms with Crippen LogP contribution in [0.2, 0.25) is 0 Å². The molecule has 2 aromatic heterocycles. The van der Waals surface area contributed by atoms with Crippen molar-refractivity contribution in [2.24, 2.45) is 5.92 Å². The third-order valence-corrected chi connectivity index (χ3v) is 8.71. The van der Waals surface area contributed by atoms with E-state index in [9.17, 15) is 0 Å². The van der Waals surface area contributed by atoms with Crippen molar-refractivity contribution in [3.63, 3.8) is 0 Å². The van der Waals surface area contributed by atoms with Crippen LogP contribution in [-0.2, 0) is 4.74 Å². The molecule has 0 amide bonds. The summed E-state index contributed by atoms with van der Waals surface area (Å²) in [6.07, 6.45) is 7.59. The molecular weight excluding hydrogens is 456 g/mol. The molecule has 6 nitrogen and oxygen atoms in total. The van der Waals surface area contributed by atoms with E-state index in [1.165, 1.54) is 55.3 Å². The highest BCUT2D eigenvalue weighted by Gasteiger charge is 2.35. The highest BCUT2D eigenvalue weighted by Crippen LogP contribution is 2.44. The van der Waals surface area contributed by atoms with Crippen LogP contribution in [0.3, 0.4) is 0 Å².